The predicted molar refractivity (Wildman–Crippen MR) is 99.9 cm³/mol. The van der Waals surface area contributed by atoms with Crippen LogP contribution in [0, 0.1) is 0 Å². The van der Waals surface area contributed by atoms with Gasteiger partial charge in [0.1, 0.15) is 12.1 Å². The van der Waals surface area contributed by atoms with Crippen molar-refractivity contribution in [3.63, 3.8) is 0 Å². The molecular weight excluding hydrogens is 392 g/mol. The fraction of sp³-hybridized carbons (Fsp3) is 0.533. The molecule has 1 aliphatic heterocycles. The number of hydrogen-bond acceptors (Lipinski definition) is 9. The third-order valence-corrected chi connectivity index (χ3v) is 3.01. The van der Waals surface area contributed by atoms with Crippen LogP contribution in [0.3, 0.4) is 0 Å². The smallest absolute Gasteiger partial charge is 0.320 e. The number of carboxylic acid groups (broad SMARTS) is 4. The molecule has 0 amide bonds. The zero-order chi connectivity index (χ0) is 22.8. The molecule has 0 radical (unpaired) electrons. The van der Waals surface area contributed by atoms with Gasteiger partial charge in [-0.3, -0.25) is 19.2 Å². The monoisotopic (exact) mass is 420 g/mol. The number of carboxylic acids is 4. The largest absolute Gasteiger partial charge is 0.480 e. The number of aromatic nitrogens is 2. The minimum absolute atomic E-state index is 0.263. The van der Waals surface area contributed by atoms with Crippen LogP contribution in [0.5, 0.6) is 0 Å². The van der Waals surface area contributed by atoms with Crippen molar-refractivity contribution >= 4 is 23.9 Å². The summed E-state index contributed by atoms with van der Waals surface area (Å²) in [6.07, 6.45) is 5.16. The summed E-state index contributed by atoms with van der Waals surface area (Å²) < 4.78 is 0. The quantitative estimate of drug-likeness (QED) is 0.226. The first kappa shape index (κ1) is 28.1. The number of aliphatic carboxylic acids is 4. The second kappa shape index (κ2) is 17.1. The Morgan fingerprint density at radius 1 is 1.10 bits per heavy atom. The molecule has 2 heterocycles. The summed E-state index contributed by atoms with van der Waals surface area (Å²) >= 11 is 0. The third-order valence-electron chi connectivity index (χ3n) is 3.01. The first-order valence-electron chi connectivity index (χ1n) is 8.31. The van der Waals surface area contributed by atoms with E-state index in [0.29, 0.717) is 5.69 Å². The fourth-order valence-electron chi connectivity index (χ4n) is 1.61. The first-order chi connectivity index (χ1) is 13.5. The lowest BCUT2D eigenvalue weighted by Gasteiger charge is -2.01. The van der Waals surface area contributed by atoms with Crippen LogP contribution in [0.2, 0.25) is 0 Å². The minimum Gasteiger partial charge on any atom is -0.480 e. The summed E-state index contributed by atoms with van der Waals surface area (Å²) in [6, 6.07) is -1.13. The standard InChI is InChI=1S/C6H9N3O2.C5H9NO2.2C2H5NO2/c7-5(6(10)11)1-4-2-8-3-9-4;7-5(8)4-2-1-3-6-4;2*3-1-2(4)5/h2-3,5H,1,7H2,(H,8,9)(H,10,11);4,6H,1-3H2,(H,7,8);2*1,3H2,(H,4,5)/t5-;4-;;/m00../s1. The third kappa shape index (κ3) is 18.1. The number of hydrogen-bond donors (Lipinski definition) is 9. The highest BCUT2D eigenvalue weighted by Crippen LogP contribution is 2.03. The van der Waals surface area contributed by atoms with Gasteiger partial charge in [0.2, 0.25) is 0 Å². The molecular formula is C15H28N6O8. The summed E-state index contributed by atoms with van der Waals surface area (Å²) in [7, 11) is 0. The predicted octanol–water partition coefficient (Wildman–Crippen LogP) is -2.75. The molecule has 0 saturated carbocycles. The molecule has 12 N–H and O–H groups in total. The van der Waals surface area contributed by atoms with Gasteiger partial charge in [-0.1, -0.05) is 0 Å². The van der Waals surface area contributed by atoms with Gasteiger partial charge in [0.15, 0.2) is 0 Å². The van der Waals surface area contributed by atoms with Crippen molar-refractivity contribution in [1.82, 2.24) is 15.3 Å². The number of nitrogens with two attached hydrogens (primary N) is 3. The number of H-pyrrole nitrogens is 1. The summed E-state index contributed by atoms with van der Waals surface area (Å²) in [5.74, 6) is -3.66. The van der Waals surface area contributed by atoms with Crippen LogP contribution in [0.15, 0.2) is 12.5 Å². The molecule has 0 aromatic carbocycles. The maximum atomic E-state index is 10.3. The number of aromatic amines is 1. The van der Waals surface area contributed by atoms with Gasteiger partial charge >= 0.3 is 23.9 Å². The lowest BCUT2D eigenvalue weighted by atomic mass is 10.2. The zero-order valence-electron chi connectivity index (χ0n) is 15.7. The Balaban J connectivity index is 0. The molecule has 1 saturated heterocycles. The van der Waals surface area contributed by atoms with Crippen molar-refractivity contribution in [2.45, 2.75) is 31.3 Å². The van der Waals surface area contributed by atoms with Crippen molar-refractivity contribution < 1.29 is 39.6 Å². The number of carbonyl (C=O) groups is 4. The Labute approximate surface area is 166 Å². The lowest BCUT2D eigenvalue weighted by Crippen LogP contribution is -2.32. The van der Waals surface area contributed by atoms with Crippen molar-refractivity contribution in [1.29, 1.82) is 0 Å². The van der Waals surface area contributed by atoms with E-state index in [2.05, 4.69) is 26.8 Å². The van der Waals surface area contributed by atoms with E-state index in [0.717, 1.165) is 19.4 Å². The number of imidazole rings is 1. The van der Waals surface area contributed by atoms with E-state index in [-0.39, 0.29) is 25.6 Å². The Morgan fingerprint density at radius 2 is 1.62 bits per heavy atom. The van der Waals surface area contributed by atoms with Gasteiger partial charge < -0.3 is 47.9 Å². The topological polar surface area (TPSA) is 268 Å². The SMILES string of the molecule is NCC(=O)O.NCC(=O)O.N[C@@H](Cc1c[nH]cn1)C(=O)O.O=C(O)[C@@H]1CCCN1. The van der Waals surface area contributed by atoms with Crippen LogP contribution in [0.25, 0.3) is 0 Å². The summed E-state index contributed by atoms with van der Waals surface area (Å²) in [5, 5.41) is 34.8. The average molecular weight is 420 g/mol. The Bertz CT molecular complexity index is 590. The van der Waals surface area contributed by atoms with Gasteiger partial charge in [0.25, 0.3) is 0 Å². The maximum absolute atomic E-state index is 10.3. The molecule has 0 bridgehead atoms. The molecule has 0 spiro atoms. The maximum Gasteiger partial charge on any atom is 0.320 e. The molecule has 1 aromatic heterocycles. The molecule has 1 aromatic rings. The number of rotatable bonds is 6. The van der Waals surface area contributed by atoms with E-state index < -0.39 is 29.9 Å². The van der Waals surface area contributed by atoms with E-state index >= 15 is 0 Å². The molecule has 2 atom stereocenters. The van der Waals surface area contributed by atoms with Gasteiger partial charge in [-0.25, -0.2) is 4.98 Å². The lowest BCUT2D eigenvalue weighted by molar-refractivity contribution is -0.139. The molecule has 0 aliphatic carbocycles. The Kier molecular flexibility index (Phi) is 16.6. The minimum atomic E-state index is -1.01. The van der Waals surface area contributed by atoms with Gasteiger partial charge in [0.05, 0.1) is 25.1 Å². The molecule has 1 fully saturated rings. The average Bonchev–Trinajstić information content (AvgIpc) is 3.37. The highest BCUT2D eigenvalue weighted by molar-refractivity contribution is 5.74. The second-order valence-corrected chi connectivity index (χ2v) is 5.39. The van der Waals surface area contributed by atoms with Gasteiger partial charge in [-0.05, 0) is 19.4 Å². The van der Waals surface area contributed by atoms with Gasteiger partial charge in [-0.2, -0.15) is 0 Å². The van der Waals surface area contributed by atoms with E-state index in [9.17, 15) is 19.2 Å². The molecule has 166 valence electrons. The summed E-state index contributed by atoms with van der Waals surface area (Å²) in [6.45, 7) is 0.303. The van der Waals surface area contributed by atoms with Crippen LogP contribution in [-0.2, 0) is 25.6 Å². The molecule has 14 nitrogen and oxygen atoms in total. The first-order valence-corrected chi connectivity index (χ1v) is 8.31. The molecule has 14 heteroatoms. The highest BCUT2D eigenvalue weighted by Gasteiger charge is 2.20. The number of nitrogens with zero attached hydrogens (tertiary/aromatic N) is 1. The normalized spacial score (nSPS) is 15.2. The summed E-state index contributed by atoms with van der Waals surface area (Å²) in [4.78, 5) is 45.4. The van der Waals surface area contributed by atoms with Crippen LogP contribution < -0.4 is 22.5 Å². The molecule has 0 unspecified atom stereocenters. The molecule has 29 heavy (non-hydrogen) atoms. The van der Waals surface area contributed by atoms with Crippen LogP contribution in [0.1, 0.15) is 18.5 Å². The van der Waals surface area contributed by atoms with E-state index in [1.165, 1.54) is 6.33 Å². The Morgan fingerprint density at radius 3 is 1.86 bits per heavy atom. The van der Waals surface area contributed by atoms with E-state index in [1.54, 1.807) is 6.20 Å². The Hall–Kier alpha value is -3.07. The van der Waals surface area contributed by atoms with Crippen molar-refractivity contribution in [3.05, 3.63) is 18.2 Å². The van der Waals surface area contributed by atoms with Crippen LogP contribution in [0.4, 0.5) is 0 Å². The number of nitrogens with one attached hydrogen (secondary N) is 2. The van der Waals surface area contributed by atoms with Crippen molar-refractivity contribution in [2.24, 2.45) is 17.2 Å². The van der Waals surface area contributed by atoms with Gasteiger partial charge in [-0.15, -0.1) is 0 Å². The van der Waals surface area contributed by atoms with E-state index in [4.69, 9.17) is 26.2 Å². The summed E-state index contributed by atoms with van der Waals surface area (Å²) in [5.41, 5.74) is 15.1. The second-order valence-electron chi connectivity index (χ2n) is 5.39. The van der Waals surface area contributed by atoms with Crippen LogP contribution in [-0.4, -0.2) is 86.0 Å². The van der Waals surface area contributed by atoms with Crippen molar-refractivity contribution in [3.8, 4) is 0 Å². The van der Waals surface area contributed by atoms with Crippen molar-refractivity contribution in [2.75, 3.05) is 19.6 Å². The highest BCUT2D eigenvalue weighted by atomic mass is 16.4. The zero-order valence-corrected chi connectivity index (χ0v) is 15.7. The fourth-order valence-corrected chi connectivity index (χ4v) is 1.61. The molecule has 2 rings (SSSR count). The van der Waals surface area contributed by atoms with Crippen LogP contribution >= 0.6 is 0 Å². The van der Waals surface area contributed by atoms with E-state index in [1.807, 2.05) is 0 Å². The molecule has 1 aliphatic rings. The van der Waals surface area contributed by atoms with Gasteiger partial charge in [0, 0.05) is 12.6 Å².